The average Bonchev–Trinajstić information content (AvgIpc) is 2.36. The zero-order chi connectivity index (χ0) is 14.3. The molecule has 0 heterocycles. The van der Waals surface area contributed by atoms with Gasteiger partial charge in [-0.05, 0) is 25.0 Å². The van der Waals surface area contributed by atoms with E-state index in [-0.39, 0.29) is 17.4 Å². The minimum absolute atomic E-state index is 0.0181. The van der Waals surface area contributed by atoms with Crippen molar-refractivity contribution in [1.29, 1.82) is 0 Å². The lowest BCUT2D eigenvalue weighted by Gasteiger charge is -2.18. The molecular formula is C15H22FNO2. The second-order valence-corrected chi connectivity index (χ2v) is 4.77. The molecule has 3 nitrogen and oxygen atoms in total. The van der Waals surface area contributed by atoms with Gasteiger partial charge < -0.3 is 10.4 Å². The number of hydrogen-bond donors (Lipinski definition) is 2. The number of carbonyl (C=O) groups is 1. The number of amides is 1. The lowest BCUT2D eigenvalue weighted by atomic mass is 10.0. The zero-order valence-corrected chi connectivity index (χ0v) is 11.6. The van der Waals surface area contributed by atoms with Crippen molar-refractivity contribution in [3.8, 4) is 5.75 Å². The fourth-order valence-corrected chi connectivity index (χ4v) is 2.04. The summed E-state index contributed by atoms with van der Waals surface area (Å²) in [7, 11) is 0. The molecule has 1 aromatic rings. The smallest absolute Gasteiger partial charge is 0.254 e. The minimum Gasteiger partial charge on any atom is -0.508 e. The van der Waals surface area contributed by atoms with Gasteiger partial charge in [0.1, 0.15) is 11.6 Å². The molecule has 2 N–H and O–H groups in total. The SMILES string of the molecule is CCCCC(CCC)NC(=O)c1ccc(O)cc1F. The third kappa shape index (κ3) is 4.89. The van der Waals surface area contributed by atoms with Crippen molar-refractivity contribution >= 4 is 5.91 Å². The second kappa shape index (κ2) is 7.77. The largest absolute Gasteiger partial charge is 0.508 e. The predicted octanol–water partition coefficient (Wildman–Crippen LogP) is 3.62. The summed E-state index contributed by atoms with van der Waals surface area (Å²) in [6.45, 7) is 4.16. The summed E-state index contributed by atoms with van der Waals surface area (Å²) in [6, 6.07) is 3.67. The maximum atomic E-state index is 13.6. The van der Waals surface area contributed by atoms with Crippen LogP contribution in [0.2, 0.25) is 0 Å². The van der Waals surface area contributed by atoms with Crippen LogP contribution in [-0.2, 0) is 0 Å². The summed E-state index contributed by atoms with van der Waals surface area (Å²) >= 11 is 0. The molecule has 0 spiro atoms. The topological polar surface area (TPSA) is 49.3 Å². The molecule has 1 rings (SSSR count). The number of phenols is 1. The summed E-state index contributed by atoms with van der Waals surface area (Å²) in [4.78, 5) is 12.0. The molecule has 0 saturated carbocycles. The van der Waals surface area contributed by atoms with E-state index in [4.69, 9.17) is 5.11 Å². The first-order valence-corrected chi connectivity index (χ1v) is 6.87. The van der Waals surface area contributed by atoms with Gasteiger partial charge in [0, 0.05) is 12.1 Å². The Labute approximate surface area is 113 Å². The minimum atomic E-state index is -0.691. The Balaban J connectivity index is 2.69. The molecule has 19 heavy (non-hydrogen) atoms. The monoisotopic (exact) mass is 267 g/mol. The van der Waals surface area contributed by atoms with E-state index in [1.807, 2.05) is 0 Å². The highest BCUT2D eigenvalue weighted by molar-refractivity contribution is 5.94. The quantitative estimate of drug-likeness (QED) is 0.792. The lowest BCUT2D eigenvalue weighted by Crippen LogP contribution is -2.35. The van der Waals surface area contributed by atoms with E-state index in [9.17, 15) is 9.18 Å². The average molecular weight is 267 g/mol. The molecule has 0 saturated heterocycles. The van der Waals surface area contributed by atoms with Gasteiger partial charge in [-0.15, -0.1) is 0 Å². The standard InChI is InChI=1S/C15H22FNO2/c1-3-5-7-11(6-4-2)17-15(19)13-9-8-12(18)10-14(13)16/h8-11,18H,3-7H2,1-2H3,(H,17,19). The first-order valence-electron chi connectivity index (χ1n) is 6.87. The molecule has 1 unspecified atom stereocenters. The van der Waals surface area contributed by atoms with Gasteiger partial charge in [-0.2, -0.15) is 0 Å². The van der Waals surface area contributed by atoms with Crippen LogP contribution in [0, 0.1) is 5.82 Å². The van der Waals surface area contributed by atoms with Gasteiger partial charge >= 0.3 is 0 Å². The molecule has 106 valence electrons. The van der Waals surface area contributed by atoms with Crippen LogP contribution in [0.4, 0.5) is 4.39 Å². The van der Waals surface area contributed by atoms with E-state index >= 15 is 0 Å². The van der Waals surface area contributed by atoms with E-state index < -0.39 is 11.7 Å². The summed E-state index contributed by atoms with van der Waals surface area (Å²) in [5.74, 6) is -1.28. The first-order chi connectivity index (χ1) is 9.08. The van der Waals surface area contributed by atoms with E-state index in [1.165, 1.54) is 12.1 Å². The molecule has 0 aliphatic heterocycles. The van der Waals surface area contributed by atoms with Crippen LogP contribution in [0.5, 0.6) is 5.75 Å². The molecule has 0 radical (unpaired) electrons. The van der Waals surface area contributed by atoms with E-state index in [2.05, 4.69) is 19.2 Å². The highest BCUT2D eigenvalue weighted by atomic mass is 19.1. The molecule has 0 aliphatic carbocycles. The van der Waals surface area contributed by atoms with Crippen LogP contribution < -0.4 is 5.32 Å². The summed E-state index contributed by atoms with van der Waals surface area (Å²) in [5, 5.41) is 12.0. The first kappa shape index (κ1) is 15.5. The molecule has 1 aromatic carbocycles. The number of nitrogens with one attached hydrogen (secondary N) is 1. The molecule has 0 aromatic heterocycles. The molecule has 1 atom stereocenters. The Morgan fingerprint density at radius 3 is 2.63 bits per heavy atom. The van der Waals surface area contributed by atoms with Crippen molar-refractivity contribution in [2.24, 2.45) is 0 Å². The Morgan fingerprint density at radius 1 is 1.32 bits per heavy atom. The fourth-order valence-electron chi connectivity index (χ4n) is 2.04. The maximum Gasteiger partial charge on any atom is 0.254 e. The van der Waals surface area contributed by atoms with Crippen molar-refractivity contribution in [2.45, 2.75) is 52.0 Å². The Hall–Kier alpha value is -1.58. The Morgan fingerprint density at radius 2 is 2.05 bits per heavy atom. The van der Waals surface area contributed by atoms with Gasteiger partial charge in [-0.3, -0.25) is 4.79 Å². The van der Waals surface area contributed by atoms with Crippen molar-refractivity contribution in [3.63, 3.8) is 0 Å². The Bertz CT molecular complexity index is 421. The number of carbonyl (C=O) groups excluding carboxylic acids is 1. The van der Waals surface area contributed by atoms with E-state index in [0.717, 1.165) is 38.2 Å². The van der Waals surface area contributed by atoms with E-state index in [0.29, 0.717) is 0 Å². The highest BCUT2D eigenvalue weighted by Crippen LogP contribution is 2.16. The third-order valence-electron chi connectivity index (χ3n) is 3.08. The summed E-state index contributed by atoms with van der Waals surface area (Å²) in [5.41, 5.74) is -0.0181. The zero-order valence-electron chi connectivity index (χ0n) is 11.6. The Kier molecular flexibility index (Phi) is 6.33. The number of benzene rings is 1. The maximum absolute atomic E-state index is 13.6. The van der Waals surface area contributed by atoms with Crippen LogP contribution in [0.1, 0.15) is 56.3 Å². The van der Waals surface area contributed by atoms with Crippen molar-refractivity contribution in [1.82, 2.24) is 5.32 Å². The van der Waals surface area contributed by atoms with Gasteiger partial charge in [0.05, 0.1) is 5.56 Å². The van der Waals surface area contributed by atoms with Gasteiger partial charge in [-0.1, -0.05) is 33.1 Å². The number of hydrogen-bond acceptors (Lipinski definition) is 2. The number of unbranched alkanes of at least 4 members (excludes halogenated alkanes) is 1. The highest BCUT2D eigenvalue weighted by Gasteiger charge is 2.16. The van der Waals surface area contributed by atoms with Crippen LogP contribution >= 0.6 is 0 Å². The number of halogens is 1. The number of phenolic OH excluding ortho intramolecular Hbond substituents is 1. The fraction of sp³-hybridized carbons (Fsp3) is 0.533. The van der Waals surface area contributed by atoms with Crippen LogP contribution in [0.3, 0.4) is 0 Å². The van der Waals surface area contributed by atoms with Gasteiger partial charge in [0.2, 0.25) is 0 Å². The molecule has 1 amide bonds. The second-order valence-electron chi connectivity index (χ2n) is 4.77. The molecule has 0 bridgehead atoms. The molecular weight excluding hydrogens is 245 g/mol. The van der Waals surface area contributed by atoms with Crippen LogP contribution in [0.25, 0.3) is 0 Å². The summed E-state index contributed by atoms with van der Waals surface area (Å²) < 4.78 is 13.6. The summed E-state index contributed by atoms with van der Waals surface area (Å²) in [6.07, 6.45) is 4.90. The third-order valence-corrected chi connectivity index (χ3v) is 3.08. The van der Waals surface area contributed by atoms with Gasteiger partial charge in [-0.25, -0.2) is 4.39 Å². The predicted molar refractivity (Wildman–Crippen MR) is 73.8 cm³/mol. The van der Waals surface area contributed by atoms with Crippen molar-refractivity contribution in [2.75, 3.05) is 0 Å². The van der Waals surface area contributed by atoms with Gasteiger partial charge in [0.15, 0.2) is 0 Å². The molecule has 0 fully saturated rings. The van der Waals surface area contributed by atoms with Crippen LogP contribution in [-0.4, -0.2) is 17.1 Å². The molecule has 4 heteroatoms. The number of aromatic hydroxyl groups is 1. The van der Waals surface area contributed by atoms with Crippen molar-refractivity contribution < 1.29 is 14.3 Å². The van der Waals surface area contributed by atoms with E-state index in [1.54, 1.807) is 0 Å². The van der Waals surface area contributed by atoms with Crippen LogP contribution in [0.15, 0.2) is 18.2 Å². The normalized spacial score (nSPS) is 12.2. The molecule has 0 aliphatic rings. The number of rotatable bonds is 7. The van der Waals surface area contributed by atoms with Crippen molar-refractivity contribution in [3.05, 3.63) is 29.6 Å². The van der Waals surface area contributed by atoms with Gasteiger partial charge in [0.25, 0.3) is 5.91 Å². The lowest BCUT2D eigenvalue weighted by molar-refractivity contribution is 0.0928.